The third kappa shape index (κ3) is 3.44. The van der Waals surface area contributed by atoms with E-state index in [2.05, 4.69) is 29.3 Å². The number of amides is 1. The summed E-state index contributed by atoms with van der Waals surface area (Å²) >= 11 is 0. The summed E-state index contributed by atoms with van der Waals surface area (Å²) in [5.41, 5.74) is 1.73. The lowest BCUT2D eigenvalue weighted by molar-refractivity contribution is -0.129. The number of anilines is 1. The quantitative estimate of drug-likeness (QED) is 0.921. The summed E-state index contributed by atoms with van der Waals surface area (Å²) in [6.45, 7) is 12.6. The lowest BCUT2D eigenvalue weighted by Gasteiger charge is -2.42. The molecule has 116 valence electrons. The summed E-state index contributed by atoms with van der Waals surface area (Å²) < 4.78 is 0. The van der Waals surface area contributed by atoms with Crippen molar-refractivity contribution >= 4 is 11.6 Å². The first-order chi connectivity index (χ1) is 9.96. The molecule has 1 amide bonds. The molecule has 0 bridgehead atoms. The fraction of sp³-hybridized carbons (Fsp3) is 0.588. The van der Waals surface area contributed by atoms with Crippen molar-refractivity contribution in [3.63, 3.8) is 0 Å². The highest BCUT2D eigenvalue weighted by atomic mass is 16.2. The fourth-order valence-electron chi connectivity index (χ4n) is 2.86. The van der Waals surface area contributed by atoms with Gasteiger partial charge in [-0.15, -0.1) is 0 Å². The van der Waals surface area contributed by atoms with Crippen LogP contribution < -0.4 is 10.2 Å². The van der Waals surface area contributed by atoms with E-state index >= 15 is 0 Å². The molecular weight excluding hydrogens is 262 g/mol. The molecule has 1 aromatic carbocycles. The normalized spacial score (nSPS) is 16.8. The second-order valence-electron chi connectivity index (χ2n) is 6.18. The average molecular weight is 289 g/mol. The third-order valence-corrected chi connectivity index (χ3v) is 4.34. The molecule has 1 N–H and O–H groups in total. The summed E-state index contributed by atoms with van der Waals surface area (Å²) in [6, 6.07) is 8.18. The largest absolute Gasteiger partial charge is 0.314 e. The Kier molecular flexibility index (Phi) is 5.01. The molecule has 2 rings (SSSR count). The predicted octanol–water partition coefficient (Wildman–Crippen LogP) is 2.03. The van der Waals surface area contributed by atoms with Crippen molar-refractivity contribution in [1.82, 2.24) is 10.2 Å². The van der Waals surface area contributed by atoms with Gasteiger partial charge in [-0.3, -0.25) is 9.69 Å². The molecule has 0 unspecified atom stereocenters. The minimum absolute atomic E-state index is 0.177. The van der Waals surface area contributed by atoms with E-state index in [4.69, 9.17) is 0 Å². The number of carbonyl (C=O) groups excluding carboxylic acids is 1. The molecule has 0 spiro atoms. The molecule has 0 aliphatic carbocycles. The van der Waals surface area contributed by atoms with E-state index in [1.54, 1.807) is 0 Å². The van der Waals surface area contributed by atoms with Crippen molar-refractivity contribution in [2.75, 3.05) is 37.6 Å². The summed E-state index contributed by atoms with van der Waals surface area (Å²) in [7, 11) is 0. The van der Waals surface area contributed by atoms with Crippen LogP contribution in [0, 0.1) is 6.92 Å². The number of aryl methyl sites for hydroxylation is 1. The molecule has 1 fully saturated rings. The van der Waals surface area contributed by atoms with Crippen molar-refractivity contribution in [1.29, 1.82) is 0 Å². The van der Waals surface area contributed by atoms with Crippen LogP contribution in [0.3, 0.4) is 0 Å². The number of likely N-dealkylation sites (N-methyl/N-ethyl adjacent to an activating group) is 1. The smallest absolute Gasteiger partial charge is 0.246 e. The van der Waals surface area contributed by atoms with E-state index in [1.165, 1.54) is 5.56 Å². The van der Waals surface area contributed by atoms with Crippen LogP contribution in [0.25, 0.3) is 0 Å². The van der Waals surface area contributed by atoms with E-state index in [0.717, 1.165) is 31.9 Å². The lowest BCUT2D eigenvalue weighted by Crippen LogP contribution is -2.60. The monoisotopic (exact) mass is 289 g/mol. The molecule has 0 aromatic heterocycles. The molecule has 1 aliphatic rings. The number of hydrogen-bond donors (Lipinski definition) is 1. The van der Waals surface area contributed by atoms with Gasteiger partial charge in [0.1, 0.15) is 0 Å². The zero-order valence-corrected chi connectivity index (χ0v) is 13.6. The van der Waals surface area contributed by atoms with Gasteiger partial charge in [0.05, 0.1) is 5.54 Å². The summed E-state index contributed by atoms with van der Waals surface area (Å²) in [6.07, 6.45) is 0. The van der Waals surface area contributed by atoms with Crippen LogP contribution in [0.2, 0.25) is 0 Å². The third-order valence-electron chi connectivity index (χ3n) is 4.34. The van der Waals surface area contributed by atoms with Gasteiger partial charge >= 0.3 is 0 Å². The van der Waals surface area contributed by atoms with E-state index < -0.39 is 5.54 Å². The highest BCUT2D eigenvalue weighted by Gasteiger charge is 2.38. The number of carbonyl (C=O) groups is 1. The van der Waals surface area contributed by atoms with Gasteiger partial charge in [-0.25, -0.2) is 0 Å². The predicted molar refractivity (Wildman–Crippen MR) is 87.7 cm³/mol. The van der Waals surface area contributed by atoms with Crippen LogP contribution in [0.5, 0.6) is 0 Å². The lowest BCUT2D eigenvalue weighted by atomic mass is 9.99. The van der Waals surface area contributed by atoms with Crippen molar-refractivity contribution in [2.24, 2.45) is 0 Å². The van der Waals surface area contributed by atoms with Gasteiger partial charge in [-0.2, -0.15) is 0 Å². The minimum atomic E-state index is -0.469. The fourth-order valence-corrected chi connectivity index (χ4v) is 2.86. The van der Waals surface area contributed by atoms with E-state index in [-0.39, 0.29) is 5.91 Å². The Hall–Kier alpha value is -1.39. The van der Waals surface area contributed by atoms with E-state index in [9.17, 15) is 4.79 Å². The van der Waals surface area contributed by atoms with Crippen LogP contribution in [-0.2, 0) is 4.79 Å². The zero-order valence-electron chi connectivity index (χ0n) is 13.6. The van der Waals surface area contributed by atoms with Gasteiger partial charge in [-0.05, 0) is 39.8 Å². The van der Waals surface area contributed by atoms with Gasteiger partial charge < -0.3 is 10.2 Å². The maximum absolute atomic E-state index is 13.0. The molecule has 1 aromatic rings. The molecular formula is C17H27N3O. The number of benzene rings is 1. The molecule has 1 saturated heterocycles. The standard InChI is InChI=1S/C17H27N3O/c1-5-20(15-8-6-14(2)7-9-15)16(21)17(3,4)19-12-10-18-11-13-19/h6-9,18H,5,10-13H2,1-4H3. The molecule has 0 radical (unpaired) electrons. The van der Waals surface area contributed by atoms with Crippen molar-refractivity contribution < 1.29 is 4.79 Å². The first-order valence-electron chi connectivity index (χ1n) is 7.81. The summed E-state index contributed by atoms with van der Waals surface area (Å²) in [5, 5.41) is 3.34. The van der Waals surface area contributed by atoms with E-state index in [1.807, 2.05) is 37.8 Å². The van der Waals surface area contributed by atoms with Crippen LogP contribution in [-0.4, -0.2) is 49.1 Å². The van der Waals surface area contributed by atoms with Crippen LogP contribution in [0.4, 0.5) is 5.69 Å². The number of piperazine rings is 1. The Morgan fingerprint density at radius 3 is 2.33 bits per heavy atom. The summed E-state index contributed by atoms with van der Waals surface area (Å²) in [5.74, 6) is 0.177. The van der Waals surface area contributed by atoms with E-state index in [0.29, 0.717) is 6.54 Å². The molecule has 0 atom stereocenters. The van der Waals surface area contributed by atoms with Crippen molar-refractivity contribution in [2.45, 2.75) is 33.2 Å². The second-order valence-corrected chi connectivity index (χ2v) is 6.18. The molecule has 1 heterocycles. The van der Waals surface area contributed by atoms with Crippen molar-refractivity contribution in [3.05, 3.63) is 29.8 Å². The Labute approximate surface area is 128 Å². The van der Waals surface area contributed by atoms with Gasteiger partial charge in [0.15, 0.2) is 0 Å². The molecule has 21 heavy (non-hydrogen) atoms. The summed E-state index contributed by atoms with van der Waals surface area (Å²) in [4.78, 5) is 17.2. The van der Waals surface area contributed by atoms with Gasteiger partial charge in [0, 0.05) is 38.4 Å². The molecule has 4 heteroatoms. The second kappa shape index (κ2) is 6.58. The van der Waals surface area contributed by atoms with Crippen LogP contribution in [0.1, 0.15) is 26.3 Å². The van der Waals surface area contributed by atoms with Gasteiger partial charge in [0.2, 0.25) is 5.91 Å². The van der Waals surface area contributed by atoms with Gasteiger partial charge in [0.25, 0.3) is 0 Å². The molecule has 1 aliphatic heterocycles. The Bertz CT molecular complexity index is 475. The topological polar surface area (TPSA) is 35.6 Å². The Morgan fingerprint density at radius 2 is 1.81 bits per heavy atom. The van der Waals surface area contributed by atoms with Gasteiger partial charge in [-0.1, -0.05) is 17.7 Å². The number of hydrogen-bond acceptors (Lipinski definition) is 3. The van der Waals surface area contributed by atoms with Crippen molar-refractivity contribution in [3.8, 4) is 0 Å². The Balaban J connectivity index is 2.20. The highest BCUT2D eigenvalue weighted by Crippen LogP contribution is 2.23. The SMILES string of the molecule is CCN(C(=O)C(C)(C)N1CCNCC1)c1ccc(C)cc1. The highest BCUT2D eigenvalue weighted by molar-refractivity contribution is 5.99. The number of nitrogens with zero attached hydrogens (tertiary/aromatic N) is 2. The number of rotatable bonds is 4. The zero-order chi connectivity index (χ0) is 15.5. The molecule has 4 nitrogen and oxygen atoms in total. The first-order valence-corrected chi connectivity index (χ1v) is 7.81. The maximum Gasteiger partial charge on any atom is 0.246 e. The first kappa shape index (κ1) is 16.0. The van der Waals surface area contributed by atoms with Crippen LogP contribution >= 0.6 is 0 Å². The maximum atomic E-state index is 13.0. The Morgan fingerprint density at radius 1 is 1.24 bits per heavy atom. The average Bonchev–Trinajstić information content (AvgIpc) is 2.50. The van der Waals surface area contributed by atoms with Crippen LogP contribution in [0.15, 0.2) is 24.3 Å². The number of nitrogens with one attached hydrogen (secondary N) is 1. The minimum Gasteiger partial charge on any atom is -0.314 e. The molecule has 0 saturated carbocycles.